The highest BCUT2D eigenvalue weighted by molar-refractivity contribution is 6.25. The maximum absolute atomic E-state index is 11.2. The normalized spacial score (nSPS) is 12.8. The summed E-state index contributed by atoms with van der Waals surface area (Å²) < 4.78 is 44.0. The average molecular weight is 149 g/mol. The lowest BCUT2D eigenvalue weighted by Gasteiger charge is -2.02. The lowest BCUT2D eigenvalue weighted by atomic mass is 10.5. The summed E-state index contributed by atoms with van der Waals surface area (Å²) in [5, 5.41) is 0. The molecule has 0 aliphatic rings. The predicted octanol–water partition coefficient (Wildman–Crippen LogP) is 2.64. The number of alkyl halides is 3. The monoisotopic (exact) mass is 149 g/mol. The molecule has 0 fully saturated rings. The molecule has 0 aromatic heterocycles. The van der Waals surface area contributed by atoms with Crippen molar-refractivity contribution < 1.29 is 17.6 Å². The summed E-state index contributed by atoms with van der Waals surface area (Å²) in [6, 6.07) is 0. The van der Waals surface area contributed by atoms with Crippen LogP contribution in [-0.2, 0) is 0 Å². The van der Waals surface area contributed by atoms with Crippen LogP contribution in [-0.4, -0.2) is 6.18 Å². The number of hydrogen-bond acceptors (Lipinski definition) is 0. The lowest BCUT2D eigenvalue weighted by Crippen LogP contribution is -2.07. The molecule has 0 atom stereocenters. The summed E-state index contributed by atoms with van der Waals surface area (Å²) in [5.74, 6) is 0. The predicted molar refractivity (Wildman–Crippen MR) is 20.9 cm³/mol. The van der Waals surface area contributed by atoms with Crippen molar-refractivity contribution in [3.05, 3.63) is 5.63 Å². The van der Waals surface area contributed by atoms with Crippen LogP contribution in [0.2, 0.25) is 0 Å². The Morgan fingerprint density at radius 3 is 1.75 bits per heavy atom. The van der Waals surface area contributed by atoms with Crippen LogP contribution in [0.5, 0.6) is 0 Å². The smallest absolute Gasteiger partial charge is 0.221 e. The Morgan fingerprint density at radius 1 is 1.38 bits per heavy atom. The van der Waals surface area contributed by atoms with Crippen LogP contribution in [0.4, 0.5) is 17.6 Å². The Morgan fingerprint density at radius 2 is 1.75 bits per heavy atom. The van der Waals surface area contributed by atoms with E-state index in [1.54, 1.807) is 0 Å². The quantitative estimate of drug-likeness (QED) is 0.503. The second-order valence-corrected chi connectivity index (χ2v) is 1.54. The van der Waals surface area contributed by atoms with Gasteiger partial charge in [0.15, 0.2) is 0 Å². The molecule has 0 aromatic carbocycles. The van der Waals surface area contributed by atoms with Crippen molar-refractivity contribution in [3.8, 4) is 0 Å². The van der Waals surface area contributed by atoms with Gasteiger partial charge in [0.05, 0.1) is 6.42 Å². The molecular formula is C3H2ClF4. The summed E-state index contributed by atoms with van der Waals surface area (Å²) in [5.41, 5.74) is -1.63. The van der Waals surface area contributed by atoms with Gasteiger partial charge in [-0.15, -0.1) is 0 Å². The topological polar surface area (TPSA) is 0 Å². The van der Waals surface area contributed by atoms with E-state index in [1.807, 2.05) is 0 Å². The third-order valence-electron chi connectivity index (χ3n) is 0.334. The van der Waals surface area contributed by atoms with E-state index in [4.69, 9.17) is 0 Å². The second kappa shape index (κ2) is 2.53. The SMILES string of the molecule is F[C](Cl)CC(F)(F)F. The molecule has 49 valence electrons. The second-order valence-electron chi connectivity index (χ2n) is 1.13. The third kappa shape index (κ3) is 6.01. The Hall–Kier alpha value is 0.01000. The van der Waals surface area contributed by atoms with Crippen molar-refractivity contribution in [2.45, 2.75) is 12.6 Å². The highest BCUT2D eigenvalue weighted by Gasteiger charge is 2.31. The summed E-state index contributed by atoms with van der Waals surface area (Å²) >= 11 is 4.29. The van der Waals surface area contributed by atoms with Gasteiger partial charge in [0.1, 0.15) is 0 Å². The fourth-order valence-electron chi connectivity index (χ4n) is 0.152. The van der Waals surface area contributed by atoms with Crippen LogP contribution in [0.25, 0.3) is 0 Å². The molecule has 0 bridgehead atoms. The molecule has 5 heteroatoms. The molecule has 0 N–H and O–H groups in total. The molecule has 0 saturated heterocycles. The van der Waals surface area contributed by atoms with Crippen molar-refractivity contribution in [1.29, 1.82) is 0 Å². The highest BCUT2D eigenvalue weighted by Crippen LogP contribution is 2.28. The van der Waals surface area contributed by atoms with Crippen molar-refractivity contribution in [3.63, 3.8) is 0 Å². The zero-order valence-corrected chi connectivity index (χ0v) is 4.35. The first kappa shape index (κ1) is 8.01. The van der Waals surface area contributed by atoms with Crippen molar-refractivity contribution in [2.75, 3.05) is 0 Å². The molecule has 0 saturated carbocycles. The van der Waals surface area contributed by atoms with Crippen LogP contribution in [0, 0.1) is 5.63 Å². The van der Waals surface area contributed by atoms with Crippen molar-refractivity contribution in [2.24, 2.45) is 0 Å². The minimum absolute atomic E-state index is 1.63. The van der Waals surface area contributed by atoms with E-state index in [-0.39, 0.29) is 0 Å². The highest BCUT2D eigenvalue weighted by atomic mass is 35.5. The van der Waals surface area contributed by atoms with Gasteiger partial charge >= 0.3 is 6.18 Å². The molecule has 0 nitrogen and oxygen atoms in total. The van der Waals surface area contributed by atoms with E-state index < -0.39 is 18.2 Å². The first-order valence-electron chi connectivity index (χ1n) is 1.65. The molecule has 0 amide bonds. The van der Waals surface area contributed by atoms with E-state index in [1.165, 1.54) is 0 Å². The minimum Gasteiger partial charge on any atom is -0.221 e. The summed E-state index contributed by atoms with van der Waals surface area (Å²) in [7, 11) is 0. The van der Waals surface area contributed by atoms with Crippen molar-refractivity contribution in [1.82, 2.24) is 0 Å². The molecule has 0 unspecified atom stereocenters. The van der Waals surface area contributed by atoms with E-state index in [0.29, 0.717) is 0 Å². The minimum atomic E-state index is -4.52. The van der Waals surface area contributed by atoms with E-state index >= 15 is 0 Å². The molecule has 0 aliphatic heterocycles. The van der Waals surface area contributed by atoms with Crippen LogP contribution >= 0.6 is 11.6 Å². The summed E-state index contributed by atoms with van der Waals surface area (Å²) in [6.45, 7) is 0. The Balaban J connectivity index is 3.39. The average Bonchev–Trinajstić information content (AvgIpc) is 1.21. The fourth-order valence-corrected chi connectivity index (χ4v) is 0.303. The van der Waals surface area contributed by atoms with Gasteiger partial charge in [0.2, 0.25) is 5.63 Å². The molecule has 0 heterocycles. The number of rotatable bonds is 1. The van der Waals surface area contributed by atoms with E-state index in [2.05, 4.69) is 11.6 Å². The van der Waals surface area contributed by atoms with Crippen LogP contribution in [0.1, 0.15) is 6.42 Å². The molecule has 0 rings (SSSR count). The van der Waals surface area contributed by atoms with Crippen molar-refractivity contribution >= 4 is 11.6 Å². The first-order valence-corrected chi connectivity index (χ1v) is 2.03. The molecule has 0 spiro atoms. The fraction of sp³-hybridized carbons (Fsp3) is 0.667. The maximum Gasteiger partial charge on any atom is 0.393 e. The largest absolute Gasteiger partial charge is 0.393 e. The van der Waals surface area contributed by atoms with Crippen LogP contribution in [0.15, 0.2) is 0 Å². The number of hydrogen-bond donors (Lipinski definition) is 0. The summed E-state index contributed by atoms with van der Waals surface area (Å²) in [4.78, 5) is 0. The van der Waals surface area contributed by atoms with E-state index in [9.17, 15) is 17.6 Å². The van der Waals surface area contributed by atoms with Gasteiger partial charge in [0, 0.05) is 0 Å². The molecule has 8 heavy (non-hydrogen) atoms. The standard InChI is InChI=1S/C3H2ClF4/c4-2(5)1-3(6,7)8/h1H2. The molecule has 0 aromatic rings. The molecule has 1 radical (unpaired) electrons. The Kier molecular flexibility index (Phi) is 2.53. The Labute approximate surface area is 48.4 Å². The first-order chi connectivity index (χ1) is 3.42. The van der Waals surface area contributed by atoms with Gasteiger partial charge in [-0.2, -0.15) is 13.2 Å². The van der Waals surface area contributed by atoms with Gasteiger partial charge in [-0.25, -0.2) is 4.39 Å². The zero-order valence-electron chi connectivity index (χ0n) is 3.60. The van der Waals surface area contributed by atoms with E-state index in [0.717, 1.165) is 0 Å². The maximum atomic E-state index is 11.2. The van der Waals surface area contributed by atoms with Gasteiger partial charge in [-0.05, 0) is 0 Å². The molecule has 0 aliphatic carbocycles. The van der Waals surface area contributed by atoms with Crippen LogP contribution < -0.4 is 0 Å². The van der Waals surface area contributed by atoms with Gasteiger partial charge in [0.25, 0.3) is 0 Å². The van der Waals surface area contributed by atoms with Gasteiger partial charge in [-0.3, -0.25) is 0 Å². The third-order valence-corrected chi connectivity index (χ3v) is 0.468. The molecular weight excluding hydrogens is 147 g/mol. The number of halogens is 5. The van der Waals surface area contributed by atoms with Gasteiger partial charge in [-0.1, -0.05) is 11.6 Å². The summed E-state index contributed by atoms with van der Waals surface area (Å²) in [6.07, 6.45) is -6.18. The lowest BCUT2D eigenvalue weighted by molar-refractivity contribution is -0.132. The van der Waals surface area contributed by atoms with Crippen LogP contribution in [0.3, 0.4) is 0 Å². The van der Waals surface area contributed by atoms with Gasteiger partial charge < -0.3 is 0 Å². The Bertz CT molecular complexity index is 66.2. The zero-order chi connectivity index (χ0) is 6.78.